The monoisotopic (exact) mass is 341 g/mol. The molecule has 0 radical (unpaired) electrons. The van der Waals surface area contributed by atoms with Crippen molar-refractivity contribution in [1.29, 1.82) is 0 Å². The zero-order chi connectivity index (χ0) is 17.0. The zero-order valence-corrected chi connectivity index (χ0v) is 14.0. The fourth-order valence-corrected chi connectivity index (χ4v) is 3.04. The van der Waals surface area contributed by atoms with Crippen molar-refractivity contribution < 1.29 is 18.7 Å². The second-order valence-electron chi connectivity index (χ2n) is 6.02. The first-order valence-electron chi connectivity index (χ1n) is 7.85. The topological polar surface area (TPSA) is 55.4 Å². The van der Waals surface area contributed by atoms with Crippen LogP contribution in [-0.2, 0) is 9.53 Å². The van der Waals surface area contributed by atoms with E-state index < -0.39 is 17.9 Å². The Labute approximate surface area is 140 Å². The van der Waals surface area contributed by atoms with Crippen LogP contribution in [0.5, 0.6) is 0 Å². The summed E-state index contributed by atoms with van der Waals surface area (Å²) in [4.78, 5) is 24.2. The predicted molar refractivity (Wildman–Crippen MR) is 85.9 cm³/mol. The molecule has 1 saturated carbocycles. The van der Waals surface area contributed by atoms with Crippen molar-refractivity contribution in [3.05, 3.63) is 34.6 Å². The first-order chi connectivity index (χ1) is 10.9. The van der Waals surface area contributed by atoms with Gasteiger partial charge in [-0.3, -0.25) is 4.79 Å². The highest BCUT2D eigenvalue weighted by Crippen LogP contribution is 2.24. The summed E-state index contributed by atoms with van der Waals surface area (Å²) < 4.78 is 18.8. The smallest absolute Gasteiger partial charge is 0.343 e. The fourth-order valence-electron chi connectivity index (χ4n) is 2.80. The molecule has 1 amide bonds. The third-order valence-corrected chi connectivity index (χ3v) is 4.57. The van der Waals surface area contributed by atoms with Gasteiger partial charge in [0.05, 0.1) is 5.02 Å². The molecule has 126 valence electrons. The van der Waals surface area contributed by atoms with Crippen LogP contribution in [-0.4, -0.2) is 24.0 Å². The first-order valence-corrected chi connectivity index (χ1v) is 8.23. The van der Waals surface area contributed by atoms with Crippen molar-refractivity contribution >= 4 is 23.5 Å². The molecule has 6 heteroatoms. The van der Waals surface area contributed by atoms with Gasteiger partial charge in [-0.2, -0.15) is 0 Å². The van der Waals surface area contributed by atoms with Crippen molar-refractivity contribution in [3.8, 4) is 0 Å². The molecule has 23 heavy (non-hydrogen) atoms. The maximum atomic E-state index is 13.7. The maximum absolute atomic E-state index is 13.7. The van der Waals surface area contributed by atoms with Gasteiger partial charge in [0.25, 0.3) is 5.91 Å². The van der Waals surface area contributed by atoms with Gasteiger partial charge in [0, 0.05) is 6.04 Å². The van der Waals surface area contributed by atoms with E-state index in [1.165, 1.54) is 25.5 Å². The van der Waals surface area contributed by atoms with Crippen LogP contribution in [0.2, 0.25) is 5.02 Å². The average molecular weight is 342 g/mol. The minimum absolute atomic E-state index is 0.0384. The SMILES string of the molecule is C[C@@H](OC(=O)c1c(F)cccc1Cl)C(=O)N[C@@H]1CCCC[C@@H]1C. The zero-order valence-electron chi connectivity index (χ0n) is 13.3. The van der Waals surface area contributed by atoms with Crippen LogP contribution in [0, 0.1) is 11.7 Å². The number of hydrogen-bond acceptors (Lipinski definition) is 3. The minimum atomic E-state index is -1.01. The van der Waals surface area contributed by atoms with Crippen LogP contribution in [0.25, 0.3) is 0 Å². The van der Waals surface area contributed by atoms with E-state index in [-0.39, 0.29) is 22.5 Å². The van der Waals surface area contributed by atoms with Crippen molar-refractivity contribution in [2.45, 2.75) is 51.7 Å². The number of nitrogens with one attached hydrogen (secondary N) is 1. The average Bonchev–Trinajstić information content (AvgIpc) is 2.49. The van der Waals surface area contributed by atoms with Gasteiger partial charge in [0.2, 0.25) is 0 Å². The normalized spacial score (nSPS) is 22.3. The summed E-state index contributed by atoms with van der Waals surface area (Å²) in [5.41, 5.74) is -0.347. The Morgan fingerprint density at radius 1 is 1.35 bits per heavy atom. The van der Waals surface area contributed by atoms with Crippen LogP contribution in [0.3, 0.4) is 0 Å². The Balaban J connectivity index is 1.96. The molecule has 1 aliphatic rings. The van der Waals surface area contributed by atoms with Crippen molar-refractivity contribution in [2.75, 3.05) is 0 Å². The van der Waals surface area contributed by atoms with E-state index in [0.717, 1.165) is 25.3 Å². The molecular weight excluding hydrogens is 321 g/mol. The van der Waals surface area contributed by atoms with Crippen LogP contribution >= 0.6 is 11.6 Å². The Morgan fingerprint density at radius 3 is 2.70 bits per heavy atom. The summed E-state index contributed by atoms with van der Waals surface area (Å²) in [6.07, 6.45) is 3.24. The van der Waals surface area contributed by atoms with Crippen LogP contribution in [0.15, 0.2) is 18.2 Å². The number of rotatable bonds is 4. The van der Waals surface area contributed by atoms with Gasteiger partial charge in [-0.05, 0) is 37.8 Å². The molecule has 1 fully saturated rings. The predicted octanol–water partition coefficient (Wildman–Crippen LogP) is 3.72. The van der Waals surface area contributed by atoms with Crippen molar-refractivity contribution in [1.82, 2.24) is 5.32 Å². The van der Waals surface area contributed by atoms with E-state index in [1.807, 2.05) is 0 Å². The second-order valence-corrected chi connectivity index (χ2v) is 6.43. The Hall–Kier alpha value is -1.62. The van der Waals surface area contributed by atoms with Gasteiger partial charge in [0.15, 0.2) is 6.10 Å². The van der Waals surface area contributed by atoms with Gasteiger partial charge in [-0.15, -0.1) is 0 Å². The molecule has 1 aromatic carbocycles. The van der Waals surface area contributed by atoms with E-state index in [2.05, 4.69) is 12.2 Å². The largest absolute Gasteiger partial charge is 0.449 e. The number of ether oxygens (including phenoxy) is 1. The maximum Gasteiger partial charge on any atom is 0.343 e. The van der Waals surface area contributed by atoms with E-state index in [1.54, 1.807) is 0 Å². The molecule has 1 aromatic rings. The molecule has 2 rings (SSSR count). The number of hydrogen-bond donors (Lipinski definition) is 1. The van der Waals surface area contributed by atoms with Gasteiger partial charge in [0.1, 0.15) is 11.4 Å². The Morgan fingerprint density at radius 2 is 2.04 bits per heavy atom. The third-order valence-electron chi connectivity index (χ3n) is 4.26. The van der Waals surface area contributed by atoms with E-state index in [4.69, 9.17) is 16.3 Å². The molecule has 0 unspecified atom stereocenters. The summed E-state index contributed by atoms with van der Waals surface area (Å²) in [6, 6.07) is 4.01. The lowest BCUT2D eigenvalue weighted by atomic mass is 9.86. The summed E-state index contributed by atoms with van der Waals surface area (Å²) in [5, 5.41) is 2.87. The van der Waals surface area contributed by atoms with Gasteiger partial charge < -0.3 is 10.1 Å². The molecule has 0 saturated heterocycles. The van der Waals surface area contributed by atoms with E-state index in [9.17, 15) is 14.0 Å². The summed E-state index contributed by atoms with van der Waals surface area (Å²) in [7, 11) is 0. The number of halogens is 2. The number of carbonyl (C=O) groups is 2. The van der Waals surface area contributed by atoms with Gasteiger partial charge in [-0.25, -0.2) is 9.18 Å². The van der Waals surface area contributed by atoms with Crippen LogP contribution in [0.4, 0.5) is 4.39 Å². The lowest BCUT2D eigenvalue weighted by Crippen LogP contribution is -2.46. The lowest BCUT2D eigenvalue weighted by molar-refractivity contribution is -0.130. The second kappa shape index (κ2) is 7.77. The van der Waals surface area contributed by atoms with Gasteiger partial charge in [-0.1, -0.05) is 37.4 Å². The quantitative estimate of drug-likeness (QED) is 0.849. The highest BCUT2D eigenvalue weighted by Gasteiger charge is 2.27. The third kappa shape index (κ3) is 4.44. The summed E-state index contributed by atoms with van der Waals surface area (Å²) >= 11 is 5.82. The molecule has 1 N–H and O–H groups in total. The first kappa shape index (κ1) is 17.7. The molecular formula is C17H21ClFNO3. The fraction of sp³-hybridized carbons (Fsp3) is 0.529. The van der Waals surface area contributed by atoms with Gasteiger partial charge >= 0.3 is 5.97 Å². The molecule has 3 atom stereocenters. The Kier molecular flexibility index (Phi) is 5.99. The molecule has 4 nitrogen and oxygen atoms in total. The lowest BCUT2D eigenvalue weighted by Gasteiger charge is -2.30. The molecule has 0 spiro atoms. The highest BCUT2D eigenvalue weighted by molar-refractivity contribution is 6.33. The van der Waals surface area contributed by atoms with E-state index >= 15 is 0 Å². The highest BCUT2D eigenvalue weighted by atomic mass is 35.5. The van der Waals surface area contributed by atoms with Crippen LogP contribution in [0.1, 0.15) is 49.9 Å². The summed E-state index contributed by atoms with van der Waals surface area (Å²) in [5.74, 6) is -1.68. The molecule has 0 heterocycles. The van der Waals surface area contributed by atoms with Crippen LogP contribution < -0.4 is 5.32 Å². The number of esters is 1. The standard InChI is InChI=1S/C17H21ClFNO3/c1-10-6-3-4-9-14(10)20-16(21)11(2)23-17(22)15-12(18)7-5-8-13(15)19/h5,7-8,10-11,14H,3-4,6,9H2,1-2H3,(H,20,21)/t10-,11+,14+/m0/s1. The molecule has 0 aliphatic heterocycles. The number of carbonyl (C=O) groups excluding carboxylic acids is 2. The van der Waals surface area contributed by atoms with Crippen molar-refractivity contribution in [3.63, 3.8) is 0 Å². The van der Waals surface area contributed by atoms with E-state index in [0.29, 0.717) is 5.92 Å². The molecule has 0 aromatic heterocycles. The molecule has 1 aliphatic carbocycles. The van der Waals surface area contributed by atoms with Crippen molar-refractivity contribution in [2.24, 2.45) is 5.92 Å². The number of amides is 1. The molecule has 0 bridgehead atoms. The Bertz CT molecular complexity index is 573. The minimum Gasteiger partial charge on any atom is -0.449 e. The number of benzene rings is 1. The summed E-state index contributed by atoms with van der Waals surface area (Å²) in [6.45, 7) is 3.56.